The fourth-order valence-electron chi connectivity index (χ4n) is 2.87. The highest BCUT2D eigenvalue weighted by Gasteiger charge is 2.20. The number of thiophene rings is 1. The Kier molecular flexibility index (Phi) is 5.15. The minimum atomic E-state index is -3.66. The molecule has 0 radical (unpaired) electrons. The number of aromatic nitrogens is 2. The number of fused-ring (bicyclic) bond motifs is 1. The van der Waals surface area contributed by atoms with E-state index in [1.54, 1.807) is 43.5 Å². The number of thiazole rings is 1. The quantitative estimate of drug-likeness (QED) is 0.419. The number of nitrogens with one attached hydrogen (secondary N) is 2. The van der Waals surface area contributed by atoms with Crippen LogP contribution in [0.5, 0.6) is 0 Å². The number of aromatic amines is 1. The Labute approximate surface area is 175 Å². The average Bonchev–Trinajstić information content (AvgIpc) is 3.41. The van der Waals surface area contributed by atoms with E-state index in [-0.39, 0.29) is 4.21 Å². The van der Waals surface area contributed by atoms with Gasteiger partial charge in [-0.3, -0.25) is 4.72 Å². The van der Waals surface area contributed by atoms with Gasteiger partial charge in [-0.1, -0.05) is 18.2 Å². The van der Waals surface area contributed by atoms with Crippen LogP contribution in [0.4, 0.5) is 5.69 Å². The fourth-order valence-corrected chi connectivity index (χ4v) is 5.86. The molecule has 0 fully saturated rings. The van der Waals surface area contributed by atoms with Crippen molar-refractivity contribution >= 4 is 55.3 Å². The van der Waals surface area contributed by atoms with Crippen molar-refractivity contribution in [2.75, 3.05) is 11.3 Å². The minimum Gasteiger partial charge on any atom is -0.462 e. The molecule has 2 N–H and O–H groups in total. The predicted octanol–water partition coefficient (Wildman–Crippen LogP) is 4.64. The summed E-state index contributed by atoms with van der Waals surface area (Å²) < 4.78 is 33.1. The first-order valence-electron chi connectivity index (χ1n) is 8.72. The Morgan fingerprint density at radius 1 is 1.28 bits per heavy atom. The molecule has 3 aromatic heterocycles. The molecule has 10 heteroatoms. The number of anilines is 1. The number of ether oxygens (including phenoxy) is 1. The molecule has 0 saturated carbocycles. The summed E-state index contributed by atoms with van der Waals surface area (Å²) in [4.78, 5) is 20.2. The molecule has 0 spiro atoms. The van der Waals surface area contributed by atoms with Gasteiger partial charge in [0.1, 0.15) is 14.1 Å². The third-order valence-corrected chi connectivity index (χ3v) is 8.08. The van der Waals surface area contributed by atoms with E-state index in [1.165, 1.54) is 11.3 Å². The monoisotopic (exact) mass is 447 g/mol. The SMILES string of the molecule is CCOC(=O)c1sc(-c2cc3cccc(NS(=O)(=O)c4cccs4)c3[nH]2)nc1C. The van der Waals surface area contributed by atoms with Crippen LogP contribution in [0.2, 0.25) is 0 Å². The first-order valence-corrected chi connectivity index (χ1v) is 11.9. The maximum atomic E-state index is 12.6. The van der Waals surface area contributed by atoms with E-state index < -0.39 is 16.0 Å². The lowest BCUT2D eigenvalue weighted by Crippen LogP contribution is -2.11. The number of H-pyrrole nitrogens is 1. The second-order valence-electron chi connectivity index (χ2n) is 6.14. The van der Waals surface area contributed by atoms with Gasteiger partial charge in [0.25, 0.3) is 10.0 Å². The van der Waals surface area contributed by atoms with Crippen LogP contribution in [0.25, 0.3) is 21.6 Å². The molecule has 0 aliphatic rings. The van der Waals surface area contributed by atoms with Crippen LogP contribution in [-0.4, -0.2) is 31.0 Å². The standard InChI is InChI=1S/C19H17N3O4S3/c1-3-26-19(23)17-11(2)20-18(28-17)14-10-12-6-4-7-13(16(12)21-14)22-29(24,25)15-8-5-9-27-15/h4-10,21-22H,3H2,1-2H3. The first kappa shape index (κ1) is 19.6. The van der Waals surface area contributed by atoms with Gasteiger partial charge in [-0.2, -0.15) is 0 Å². The molecule has 150 valence electrons. The molecule has 4 aromatic rings. The number of carbonyl (C=O) groups excluding carboxylic acids is 1. The van der Waals surface area contributed by atoms with Crippen LogP contribution in [0.3, 0.4) is 0 Å². The third kappa shape index (κ3) is 3.78. The fraction of sp³-hybridized carbons (Fsp3) is 0.158. The van der Waals surface area contributed by atoms with E-state index in [2.05, 4.69) is 14.7 Å². The van der Waals surface area contributed by atoms with Crippen LogP contribution in [0.1, 0.15) is 22.3 Å². The molecule has 0 unspecified atom stereocenters. The van der Waals surface area contributed by atoms with E-state index in [9.17, 15) is 13.2 Å². The molecule has 4 rings (SSSR count). The molecule has 0 aliphatic carbocycles. The number of sulfonamides is 1. The maximum absolute atomic E-state index is 12.6. The van der Waals surface area contributed by atoms with Crippen molar-refractivity contribution in [1.29, 1.82) is 0 Å². The third-order valence-electron chi connectivity index (χ3n) is 4.15. The normalized spacial score (nSPS) is 11.7. The highest BCUT2D eigenvalue weighted by atomic mass is 32.2. The molecule has 29 heavy (non-hydrogen) atoms. The van der Waals surface area contributed by atoms with Crippen molar-refractivity contribution in [1.82, 2.24) is 9.97 Å². The van der Waals surface area contributed by atoms with Crippen molar-refractivity contribution in [3.05, 3.63) is 52.3 Å². The molecule has 1 aromatic carbocycles. The molecule has 7 nitrogen and oxygen atoms in total. The Balaban J connectivity index is 1.72. The molecule has 3 heterocycles. The molecule has 0 atom stereocenters. The van der Waals surface area contributed by atoms with Crippen LogP contribution in [0.15, 0.2) is 46.0 Å². The second-order valence-corrected chi connectivity index (χ2v) is 10.0. The number of carbonyl (C=O) groups is 1. The molecule has 0 amide bonds. The summed E-state index contributed by atoms with van der Waals surface area (Å²) in [6.07, 6.45) is 0. The number of rotatable bonds is 6. The molecule has 0 bridgehead atoms. The molecule has 0 saturated heterocycles. The summed E-state index contributed by atoms with van der Waals surface area (Å²) in [7, 11) is -3.66. The van der Waals surface area contributed by atoms with E-state index in [0.717, 1.165) is 16.7 Å². The van der Waals surface area contributed by atoms with Crippen LogP contribution in [0, 0.1) is 6.92 Å². The zero-order valence-corrected chi connectivity index (χ0v) is 18.0. The lowest BCUT2D eigenvalue weighted by Gasteiger charge is -2.07. The van der Waals surface area contributed by atoms with Gasteiger partial charge >= 0.3 is 5.97 Å². The van der Waals surface area contributed by atoms with Crippen molar-refractivity contribution in [2.24, 2.45) is 0 Å². The van der Waals surface area contributed by atoms with Crippen molar-refractivity contribution in [3.8, 4) is 10.7 Å². The second kappa shape index (κ2) is 7.62. The van der Waals surface area contributed by atoms with E-state index in [4.69, 9.17) is 4.74 Å². The number of esters is 1. The van der Waals surface area contributed by atoms with Crippen LogP contribution in [-0.2, 0) is 14.8 Å². The molecular weight excluding hydrogens is 430 g/mol. The number of para-hydroxylation sites is 1. The maximum Gasteiger partial charge on any atom is 0.350 e. The lowest BCUT2D eigenvalue weighted by molar-refractivity contribution is 0.0531. The summed E-state index contributed by atoms with van der Waals surface area (Å²) in [5.74, 6) is -0.394. The Hall–Kier alpha value is -2.69. The van der Waals surface area contributed by atoms with E-state index >= 15 is 0 Å². The zero-order valence-electron chi connectivity index (χ0n) is 15.6. The van der Waals surface area contributed by atoms with Gasteiger partial charge in [-0.25, -0.2) is 18.2 Å². The van der Waals surface area contributed by atoms with Crippen molar-refractivity contribution in [2.45, 2.75) is 18.1 Å². The summed E-state index contributed by atoms with van der Waals surface area (Å²) in [5.41, 5.74) is 2.39. The Bertz CT molecular complexity index is 1290. The number of nitrogens with zero attached hydrogens (tertiary/aromatic N) is 1. The van der Waals surface area contributed by atoms with Gasteiger partial charge in [-0.05, 0) is 37.4 Å². The lowest BCUT2D eigenvalue weighted by atomic mass is 10.2. The van der Waals surface area contributed by atoms with Crippen molar-refractivity contribution in [3.63, 3.8) is 0 Å². The van der Waals surface area contributed by atoms with Gasteiger partial charge in [-0.15, -0.1) is 22.7 Å². The Morgan fingerprint density at radius 2 is 2.10 bits per heavy atom. The zero-order chi connectivity index (χ0) is 20.6. The van der Waals surface area contributed by atoms with Gasteiger partial charge in [0.05, 0.1) is 29.2 Å². The van der Waals surface area contributed by atoms with Gasteiger partial charge in [0, 0.05) is 5.39 Å². The number of benzene rings is 1. The van der Waals surface area contributed by atoms with Gasteiger partial charge < -0.3 is 9.72 Å². The number of aryl methyl sites for hydroxylation is 1. The molecular formula is C19H17N3O4S3. The van der Waals surface area contributed by atoms with Crippen molar-refractivity contribution < 1.29 is 17.9 Å². The van der Waals surface area contributed by atoms with Gasteiger partial charge in [0.2, 0.25) is 0 Å². The van der Waals surface area contributed by atoms with E-state index in [0.29, 0.717) is 39.1 Å². The highest BCUT2D eigenvalue weighted by Crippen LogP contribution is 2.33. The van der Waals surface area contributed by atoms with Crippen LogP contribution >= 0.6 is 22.7 Å². The first-order chi connectivity index (χ1) is 13.9. The topological polar surface area (TPSA) is 101 Å². The van der Waals surface area contributed by atoms with Gasteiger partial charge in [0.15, 0.2) is 0 Å². The predicted molar refractivity (Wildman–Crippen MR) is 115 cm³/mol. The summed E-state index contributed by atoms with van der Waals surface area (Å²) in [6, 6.07) is 10.5. The Morgan fingerprint density at radius 3 is 2.83 bits per heavy atom. The van der Waals surface area contributed by atoms with E-state index in [1.807, 2.05) is 12.1 Å². The number of hydrogen-bond acceptors (Lipinski definition) is 7. The van der Waals surface area contributed by atoms with Crippen LogP contribution < -0.4 is 4.72 Å². The number of hydrogen-bond donors (Lipinski definition) is 2. The largest absolute Gasteiger partial charge is 0.462 e. The highest BCUT2D eigenvalue weighted by molar-refractivity contribution is 7.94. The summed E-state index contributed by atoms with van der Waals surface area (Å²) in [6.45, 7) is 3.81. The molecule has 0 aliphatic heterocycles. The smallest absolute Gasteiger partial charge is 0.350 e. The minimum absolute atomic E-state index is 0.246. The summed E-state index contributed by atoms with van der Waals surface area (Å²) in [5, 5.41) is 3.18. The summed E-state index contributed by atoms with van der Waals surface area (Å²) >= 11 is 2.39. The average molecular weight is 448 g/mol.